The van der Waals surface area contributed by atoms with Gasteiger partial charge in [-0.05, 0) is 26.3 Å². The largest absolute Gasteiger partial charge is 0.337 e. The summed E-state index contributed by atoms with van der Waals surface area (Å²) in [5.41, 5.74) is -0.168. The zero-order valence-electron chi connectivity index (χ0n) is 14.4. The molecule has 2 saturated heterocycles. The van der Waals surface area contributed by atoms with Crippen LogP contribution in [0.25, 0.3) is 0 Å². The lowest BCUT2D eigenvalue weighted by Crippen LogP contribution is -2.68. The second kappa shape index (κ2) is 6.39. The summed E-state index contributed by atoms with van der Waals surface area (Å²) in [5.74, 6) is 0.0305. The van der Waals surface area contributed by atoms with Gasteiger partial charge in [-0.15, -0.1) is 6.58 Å². The van der Waals surface area contributed by atoms with Crippen molar-refractivity contribution in [2.24, 2.45) is 0 Å². The van der Waals surface area contributed by atoms with Gasteiger partial charge >= 0.3 is 0 Å². The number of hydrogen-bond acceptors (Lipinski definition) is 4. The first-order chi connectivity index (χ1) is 11.5. The van der Waals surface area contributed by atoms with Gasteiger partial charge in [0.25, 0.3) is 5.91 Å². The third-order valence-corrected chi connectivity index (χ3v) is 5.11. The fourth-order valence-electron chi connectivity index (χ4n) is 3.81. The molecule has 1 atom stereocenters. The van der Waals surface area contributed by atoms with Crippen molar-refractivity contribution in [3.8, 4) is 0 Å². The molecule has 0 aromatic carbocycles. The van der Waals surface area contributed by atoms with E-state index < -0.39 is 5.54 Å². The van der Waals surface area contributed by atoms with Crippen LogP contribution in [-0.2, 0) is 4.79 Å². The number of rotatable bonds is 4. The summed E-state index contributed by atoms with van der Waals surface area (Å²) >= 11 is 0. The van der Waals surface area contributed by atoms with Crippen molar-refractivity contribution in [3.63, 3.8) is 0 Å². The summed E-state index contributed by atoms with van der Waals surface area (Å²) in [4.78, 5) is 31.7. The van der Waals surface area contributed by atoms with Crippen molar-refractivity contribution in [2.45, 2.75) is 31.8 Å². The van der Waals surface area contributed by atoms with E-state index in [2.05, 4.69) is 21.7 Å². The quantitative estimate of drug-likeness (QED) is 0.826. The number of hydrogen-bond donors (Lipinski definition) is 1. The van der Waals surface area contributed by atoms with Crippen molar-refractivity contribution < 1.29 is 9.59 Å². The smallest absolute Gasteiger partial charge is 0.271 e. The number of aromatic amines is 1. The average Bonchev–Trinajstić information content (AvgIpc) is 3.22. The highest BCUT2D eigenvalue weighted by atomic mass is 16.2. The van der Waals surface area contributed by atoms with Crippen molar-refractivity contribution >= 4 is 11.8 Å². The topological polar surface area (TPSA) is 72.5 Å². The third kappa shape index (κ3) is 2.62. The van der Waals surface area contributed by atoms with Gasteiger partial charge in [0.2, 0.25) is 5.91 Å². The fraction of sp³-hybridized carbons (Fsp3) is 0.588. The molecule has 2 fully saturated rings. The second-order valence-electron chi connectivity index (χ2n) is 6.81. The van der Waals surface area contributed by atoms with E-state index in [1.54, 1.807) is 17.2 Å². The molecule has 1 spiro atoms. The first-order valence-electron chi connectivity index (χ1n) is 8.45. The zero-order valence-corrected chi connectivity index (χ0v) is 14.4. The maximum absolute atomic E-state index is 13.2. The number of nitrogens with one attached hydrogen (secondary N) is 1. The molecule has 3 heterocycles. The standard InChI is InChI=1S/C17H25N5O2/c1-4-8-21-10-11-22(13(2)3)16(24)17(21)6-9-20(12-17)15(23)14-5-7-18-19-14/h4-5,7,13H,1,6,8-12H2,2-3H3,(H,18,19). The number of H-pyrrole nitrogens is 1. The highest BCUT2D eigenvalue weighted by molar-refractivity contribution is 5.95. The SMILES string of the molecule is C=CCN1CCN(C(C)C)C(=O)C12CCN(C(=O)c1ccn[nH]1)C2. The Morgan fingerprint density at radius 2 is 2.25 bits per heavy atom. The highest BCUT2D eigenvalue weighted by Crippen LogP contribution is 2.34. The maximum Gasteiger partial charge on any atom is 0.271 e. The lowest BCUT2D eigenvalue weighted by atomic mass is 9.90. The van der Waals surface area contributed by atoms with Crippen molar-refractivity contribution in [3.05, 3.63) is 30.6 Å². The van der Waals surface area contributed by atoms with Gasteiger partial charge in [0.05, 0.1) is 0 Å². The van der Waals surface area contributed by atoms with Crippen molar-refractivity contribution in [2.75, 3.05) is 32.7 Å². The van der Waals surface area contributed by atoms with Gasteiger partial charge in [0.1, 0.15) is 11.2 Å². The molecule has 3 rings (SSSR count). The maximum atomic E-state index is 13.2. The van der Waals surface area contributed by atoms with E-state index in [9.17, 15) is 9.59 Å². The molecule has 7 heteroatoms. The van der Waals surface area contributed by atoms with Crippen LogP contribution >= 0.6 is 0 Å². The Hall–Kier alpha value is -2.15. The highest BCUT2D eigenvalue weighted by Gasteiger charge is 2.54. The first-order valence-corrected chi connectivity index (χ1v) is 8.45. The molecule has 1 aromatic rings. The molecule has 1 N–H and O–H groups in total. The summed E-state index contributed by atoms with van der Waals surface area (Å²) in [5, 5.41) is 6.56. The van der Waals surface area contributed by atoms with Crippen LogP contribution < -0.4 is 0 Å². The van der Waals surface area contributed by atoms with Gasteiger partial charge in [0, 0.05) is 45.0 Å². The lowest BCUT2D eigenvalue weighted by Gasteiger charge is -2.48. The van der Waals surface area contributed by atoms with Crippen LogP contribution in [0.4, 0.5) is 0 Å². The molecule has 24 heavy (non-hydrogen) atoms. The Balaban J connectivity index is 1.86. The molecule has 0 bridgehead atoms. The van der Waals surface area contributed by atoms with Gasteiger partial charge in [-0.3, -0.25) is 19.6 Å². The van der Waals surface area contributed by atoms with E-state index in [4.69, 9.17) is 0 Å². The number of carbonyl (C=O) groups excluding carboxylic acids is 2. The van der Waals surface area contributed by atoms with Gasteiger partial charge < -0.3 is 9.80 Å². The number of likely N-dealkylation sites (tertiary alicyclic amines) is 1. The van der Waals surface area contributed by atoms with Gasteiger partial charge in [-0.25, -0.2) is 0 Å². The minimum Gasteiger partial charge on any atom is -0.337 e. The number of carbonyl (C=O) groups is 2. The molecule has 2 aliphatic rings. The fourth-order valence-corrected chi connectivity index (χ4v) is 3.81. The molecule has 0 radical (unpaired) electrons. The molecule has 0 aliphatic carbocycles. The summed E-state index contributed by atoms with van der Waals surface area (Å²) in [6.45, 7) is 11.1. The van der Waals surface area contributed by atoms with E-state index in [-0.39, 0.29) is 17.9 Å². The summed E-state index contributed by atoms with van der Waals surface area (Å²) in [6.07, 6.45) is 4.05. The van der Waals surface area contributed by atoms with Crippen LogP contribution in [-0.4, -0.2) is 81.0 Å². The molecule has 7 nitrogen and oxygen atoms in total. The minimum absolute atomic E-state index is 0.0996. The summed E-state index contributed by atoms with van der Waals surface area (Å²) < 4.78 is 0. The van der Waals surface area contributed by atoms with Crippen LogP contribution in [0.5, 0.6) is 0 Å². The molecular formula is C17H25N5O2. The molecule has 2 aliphatic heterocycles. The van der Waals surface area contributed by atoms with E-state index in [1.807, 2.05) is 24.8 Å². The molecule has 1 aromatic heterocycles. The van der Waals surface area contributed by atoms with Crippen LogP contribution in [0.1, 0.15) is 30.8 Å². The predicted octanol–water partition coefficient (Wildman–Crippen LogP) is 0.733. The van der Waals surface area contributed by atoms with Crippen LogP contribution in [0, 0.1) is 0 Å². The average molecular weight is 331 g/mol. The first kappa shape index (κ1) is 16.7. The number of aromatic nitrogens is 2. The van der Waals surface area contributed by atoms with Gasteiger partial charge in [-0.2, -0.15) is 5.10 Å². The summed E-state index contributed by atoms with van der Waals surface area (Å²) in [6, 6.07) is 1.83. The Morgan fingerprint density at radius 1 is 1.46 bits per heavy atom. The minimum atomic E-state index is -0.633. The lowest BCUT2D eigenvalue weighted by molar-refractivity contribution is -0.152. The molecule has 130 valence electrons. The van der Waals surface area contributed by atoms with Crippen LogP contribution in [0.2, 0.25) is 0 Å². The molecule has 0 saturated carbocycles. The van der Waals surface area contributed by atoms with Crippen molar-refractivity contribution in [1.82, 2.24) is 24.9 Å². The van der Waals surface area contributed by atoms with Crippen LogP contribution in [0.15, 0.2) is 24.9 Å². The van der Waals surface area contributed by atoms with Crippen molar-refractivity contribution in [1.29, 1.82) is 0 Å². The third-order valence-electron chi connectivity index (χ3n) is 5.11. The van der Waals surface area contributed by atoms with Gasteiger partial charge in [-0.1, -0.05) is 6.08 Å². The Morgan fingerprint density at radius 3 is 2.88 bits per heavy atom. The number of amides is 2. The summed E-state index contributed by atoms with van der Waals surface area (Å²) in [7, 11) is 0. The van der Waals surface area contributed by atoms with E-state index in [1.165, 1.54) is 0 Å². The normalized spacial score (nSPS) is 25.0. The Kier molecular flexibility index (Phi) is 4.45. The monoisotopic (exact) mass is 331 g/mol. The Bertz CT molecular complexity index is 627. The van der Waals surface area contributed by atoms with E-state index in [0.29, 0.717) is 31.7 Å². The van der Waals surface area contributed by atoms with E-state index in [0.717, 1.165) is 13.1 Å². The Labute approximate surface area is 142 Å². The van der Waals surface area contributed by atoms with E-state index >= 15 is 0 Å². The molecule has 1 unspecified atom stereocenters. The molecular weight excluding hydrogens is 306 g/mol. The number of piperazine rings is 1. The predicted molar refractivity (Wildman–Crippen MR) is 90.5 cm³/mol. The zero-order chi connectivity index (χ0) is 17.3. The second-order valence-corrected chi connectivity index (χ2v) is 6.81. The number of nitrogens with zero attached hydrogens (tertiary/aromatic N) is 4. The van der Waals surface area contributed by atoms with Gasteiger partial charge in [0.15, 0.2) is 0 Å². The van der Waals surface area contributed by atoms with Crippen LogP contribution in [0.3, 0.4) is 0 Å². The molecule has 2 amide bonds.